The first-order valence-electron chi connectivity index (χ1n) is 6.17. The molecule has 1 aliphatic rings. The molecule has 1 saturated heterocycles. The van der Waals surface area contributed by atoms with Crippen molar-refractivity contribution in [3.05, 3.63) is 0 Å². The molecule has 0 saturated carbocycles. The number of nitrogens with one attached hydrogen (secondary N) is 1. The molecule has 19 heavy (non-hydrogen) atoms. The van der Waals surface area contributed by atoms with Crippen molar-refractivity contribution in [2.45, 2.75) is 18.6 Å². The van der Waals surface area contributed by atoms with Gasteiger partial charge in [0.1, 0.15) is 0 Å². The van der Waals surface area contributed by atoms with E-state index in [1.807, 2.05) is 0 Å². The van der Waals surface area contributed by atoms with E-state index in [-0.39, 0.29) is 36.6 Å². The second-order valence-electron chi connectivity index (χ2n) is 4.97. The number of ether oxygens (including phenoxy) is 1. The number of carbonyl (C=O) groups excluding carboxylic acids is 1. The molecule has 112 valence electrons. The summed E-state index contributed by atoms with van der Waals surface area (Å²) in [6.45, 7) is 0.661. The number of likely N-dealkylation sites (N-methyl/N-ethyl adjacent to an activating group) is 1. The maximum absolute atomic E-state index is 11.7. The third-order valence-corrected chi connectivity index (χ3v) is 4.66. The van der Waals surface area contributed by atoms with Gasteiger partial charge in [-0.05, 0) is 13.5 Å². The SMILES string of the molecule is COCC(O)CN(C)CC(=O)NC1CCS(=O)(=O)C1. The number of rotatable bonds is 7. The minimum atomic E-state index is -2.98. The Balaban J connectivity index is 2.27. The molecule has 0 aromatic rings. The van der Waals surface area contributed by atoms with Crippen LogP contribution in [0.4, 0.5) is 0 Å². The molecule has 2 atom stereocenters. The molecule has 0 aliphatic carbocycles. The van der Waals surface area contributed by atoms with Gasteiger partial charge in [0.05, 0.1) is 30.8 Å². The number of aliphatic hydroxyl groups is 1. The highest BCUT2D eigenvalue weighted by molar-refractivity contribution is 7.91. The van der Waals surface area contributed by atoms with Crippen molar-refractivity contribution in [3.63, 3.8) is 0 Å². The molecular formula is C11H22N2O5S. The first-order chi connectivity index (χ1) is 8.82. The molecule has 1 fully saturated rings. The van der Waals surface area contributed by atoms with Crippen LogP contribution in [-0.2, 0) is 19.4 Å². The van der Waals surface area contributed by atoms with Crippen LogP contribution in [0.2, 0.25) is 0 Å². The minimum Gasteiger partial charge on any atom is -0.389 e. The van der Waals surface area contributed by atoms with Crippen LogP contribution >= 0.6 is 0 Å². The van der Waals surface area contributed by atoms with Crippen molar-refractivity contribution in [1.29, 1.82) is 0 Å². The van der Waals surface area contributed by atoms with E-state index in [9.17, 15) is 18.3 Å². The van der Waals surface area contributed by atoms with E-state index < -0.39 is 15.9 Å². The Morgan fingerprint density at radius 3 is 2.79 bits per heavy atom. The van der Waals surface area contributed by atoms with E-state index in [0.717, 1.165) is 0 Å². The zero-order valence-electron chi connectivity index (χ0n) is 11.3. The average Bonchev–Trinajstić information content (AvgIpc) is 2.57. The summed E-state index contributed by atoms with van der Waals surface area (Å²) >= 11 is 0. The third-order valence-electron chi connectivity index (χ3n) is 2.89. The number of carbonyl (C=O) groups is 1. The fourth-order valence-electron chi connectivity index (χ4n) is 2.10. The zero-order chi connectivity index (χ0) is 14.5. The summed E-state index contributed by atoms with van der Waals surface area (Å²) in [5, 5.41) is 12.2. The molecule has 0 spiro atoms. The smallest absolute Gasteiger partial charge is 0.234 e. The Labute approximate surface area is 113 Å². The molecule has 0 aromatic heterocycles. The molecule has 1 aliphatic heterocycles. The third kappa shape index (κ3) is 6.33. The Hall–Kier alpha value is -0.700. The summed E-state index contributed by atoms with van der Waals surface area (Å²) in [7, 11) is 0.228. The van der Waals surface area contributed by atoms with E-state index in [4.69, 9.17) is 4.74 Å². The van der Waals surface area contributed by atoms with Crippen LogP contribution in [-0.4, -0.2) is 81.8 Å². The Bertz CT molecular complexity index is 398. The first-order valence-corrected chi connectivity index (χ1v) is 8.00. The van der Waals surface area contributed by atoms with E-state index in [1.165, 1.54) is 7.11 Å². The molecule has 8 heteroatoms. The summed E-state index contributed by atoms with van der Waals surface area (Å²) in [6, 6.07) is -0.283. The average molecular weight is 294 g/mol. The van der Waals surface area contributed by atoms with Gasteiger partial charge < -0.3 is 15.2 Å². The van der Waals surface area contributed by atoms with Gasteiger partial charge in [-0.1, -0.05) is 0 Å². The second-order valence-corrected chi connectivity index (χ2v) is 7.20. The molecule has 0 bridgehead atoms. The zero-order valence-corrected chi connectivity index (χ0v) is 12.1. The highest BCUT2D eigenvalue weighted by Crippen LogP contribution is 2.10. The topological polar surface area (TPSA) is 95.9 Å². The van der Waals surface area contributed by atoms with Crippen LogP contribution in [0.25, 0.3) is 0 Å². The molecule has 1 rings (SSSR count). The minimum absolute atomic E-state index is 0.0226. The van der Waals surface area contributed by atoms with Crippen molar-refractivity contribution < 1.29 is 23.1 Å². The number of hydrogen-bond donors (Lipinski definition) is 2. The van der Waals surface area contributed by atoms with Gasteiger partial charge in [-0.3, -0.25) is 9.69 Å². The van der Waals surface area contributed by atoms with Gasteiger partial charge in [0.25, 0.3) is 0 Å². The number of nitrogens with zero attached hydrogens (tertiary/aromatic N) is 1. The fourth-order valence-corrected chi connectivity index (χ4v) is 3.77. The lowest BCUT2D eigenvalue weighted by Crippen LogP contribution is -2.43. The lowest BCUT2D eigenvalue weighted by molar-refractivity contribution is -0.122. The van der Waals surface area contributed by atoms with Crippen molar-refractivity contribution in [1.82, 2.24) is 10.2 Å². The van der Waals surface area contributed by atoms with Crippen LogP contribution in [0.5, 0.6) is 0 Å². The Morgan fingerprint density at radius 2 is 2.26 bits per heavy atom. The second kappa shape index (κ2) is 7.18. The molecule has 7 nitrogen and oxygen atoms in total. The number of aliphatic hydroxyl groups excluding tert-OH is 1. The molecular weight excluding hydrogens is 272 g/mol. The lowest BCUT2D eigenvalue weighted by Gasteiger charge is -2.20. The molecule has 0 radical (unpaired) electrons. The van der Waals surface area contributed by atoms with Crippen LogP contribution in [0.15, 0.2) is 0 Å². The van der Waals surface area contributed by atoms with E-state index >= 15 is 0 Å². The molecule has 1 amide bonds. The summed E-state index contributed by atoms with van der Waals surface area (Å²) in [4.78, 5) is 13.4. The van der Waals surface area contributed by atoms with E-state index in [0.29, 0.717) is 13.0 Å². The predicted octanol–water partition coefficient (Wildman–Crippen LogP) is -1.77. The van der Waals surface area contributed by atoms with Gasteiger partial charge >= 0.3 is 0 Å². The van der Waals surface area contributed by atoms with Crippen molar-refractivity contribution in [3.8, 4) is 0 Å². The summed E-state index contributed by atoms with van der Waals surface area (Å²) in [6.07, 6.45) is -0.168. The number of sulfone groups is 1. The van der Waals surface area contributed by atoms with Crippen molar-refractivity contribution >= 4 is 15.7 Å². The van der Waals surface area contributed by atoms with Crippen LogP contribution in [0, 0.1) is 0 Å². The summed E-state index contributed by atoms with van der Waals surface area (Å²) < 4.78 is 27.3. The van der Waals surface area contributed by atoms with Gasteiger partial charge in [-0.25, -0.2) is 8.42 Å². The van der Waals surface area contributed by atoms with Gasteiger partial charge in [0, 0.05) is 19.7 Å². The van der Waals surface area contributed by atoms with Crippen LogP contribution in [0.3, 0.4) is 0 Å². The Kier molecular flexibility index (Phi) is 6.18. The maximum Gasteiger partial charge on any atom is 0.234 e. The fraction of sp³-hybridized carbons (Fsp3) is 0.909. The van der Waals surface area contributed by atoms with Gasteiger partial charge in [0.2, 0.25) is 5.91 Å². The molecule has 2 N–H and O–H groups in total. The molecule has 1 heterocycles. The van der Waals surface area contributed by atoms with Gasteiger partial charge in [-0.15, -0.1) is 0 Å². The summed E-state index contributed by atoms with van der Waals surface area (Å²) in [5.74, 6) is -0.0658. The van der Waals surface area contributed by atoms with Gasteiger partial charge in [-0.2, -0.15) is 0 Å². The van der Waals surface area contributed by atoms with Crippen LogP contribution < -0.4 is 5.32 Å². The number of amides is 1. The quantitative estimate of drug-likeness (QED) is 0.577. The predicted molar refractivity (Wildman–Crippen MR) is 70.6 cm³/mol. The molecule has 0 aromatic carbocycles. The largest absolute Gasteiger partial charge is 0.389 e. The highest BCUT2D eigenvalue weighted by Gasteiger charge is 2.29. The van der Waals surface area contributed by atoms with E-state index in [1.54, 1.807) is 11.9 Å². The van der Waals surface area contributed by atoms with Crippen LogP contribution in [0.1, 0.15) is 6.42 Å². The van der Waals surface area contributed by atoms with Gasteiger partial charge in [0.15, 0.2) is 9.84 Å². The monoisotopic (exact) mass is 294 g/mol. The first kappa shape index (κ1) is 16.4. The maximum atomic E-state index is 11.7. The Morgan fingerprint density at radius 1 is 1.58 bits per heavy atom. The number of methoxy groups -OCH3 is 1. The summed E-state index contributed by atoms with van der Waals surface area (Å²) in [5.41, 5.74) is 0. The molecule has 2 unspecified atom stereocenters. The van der Waals surface area contributed by atoms with Crippen molar-refractivity contribution in [2.75, 3.05) is 45.4 Å². The highest BCUT2D eigenvalue weighted by atomic mass is 32.2. The van der Waals surface area contributed by atoms with Crippen molar-refractivity contribution in [2.24, 2.45) is 0 Å². The standard InChI is InChI=1S/C11H22N2O5S/c1-13(5-10(14)7-18-2)6-11(15)12-9-3-4-19(16,17)8-9/h9-10,14H,3-8H2,1-2H3,(H,12,15). The normalized spacial score (nSPS) is 23.5. The van der Waals surface area contributed by atoms with E-state index in [2.05, 4.69) is 5.32 Å². The lowest BCUT2D eigenvalue weighted by atomic mass is 10.2. The number of hydrogen-bond acceptors (Lipinski definition) is 6.